The number of carbonyl (C=O) groups is 1. The Morgan fingerprint density at radius 3 is 2.61 bits per heavy atom. The number of carboxylic acid groups (broad SMARTS) is 1. The van der Waals surface area contributed by atoms with Crippen LogP contribution < -0.4 is 9.47 Å². The molecule has 23 heavy (non-hydrogen) atoms. The molecule has 0 amide bonds. The molecule has 0 radical (unpaired) electrons. The lowest BCUT2D eigenvalue weighted by Gasteiger charge is -2.08. The number of fused-ring (bicyclic) bond motifs is 1. The maximum absolute atomic E-state index is 11.0. The Balaban J connectivity index is 1.90. The molecule has 1 heterocycles. The predicted octanol–water partition coefficient (Wildman–Crippen LogP) is 2.87. The first-order valence-electron chi connectivity index (χ1n) is 7.03. The number of nitrogens with zero attached hydrogens (tertiary/aromatic N) is 1. The SMILES string of the molecule is COc1ccc(Cc2nc3ccc(C(=O)O)cc3[nH]2)cc1OC. The zero-order valence-corrected chi connectivity index (χ0v) is 12.8. The highest BCUT2D eigenvalue weighted by Crippen LogP contribution is 2.28. The summed E-state index contributed by atoms with van der Waals surface area (Å²) in [7, 11) is 3.19. The Kier molecular flexibility index (Phi) is 3.89. The average molecular weight is 312 g/mol. The zero-order chi connectivity index (χ0) is 16.4. The van der Waals surface area contributed by atoms with Gasteiger partial charge in [0.1, 0.15) is 5.82 Å². The van der Waals surface area contributed by atoms with Crippen LogP contribution in [0.25, 0.3) is 11.0 Å². The first kappa shape index (κ1) is 14.9. The quantitative estimate of drug-likeness (QED) is 0.757. The lowest BCUT2D eigenvalue weighted by molar-refractivity contribution is 0.0697. The van der Waals surface area contributed by atoms with Crippen LogP contribution in [0.1, 0.15) is 21.7 Å². The van der Waals surface area contributed by atoms with Crippen molar-refractivity contribution >= 4 is 17.0 Å². The summed E-state index contributed by atoms with van der Waals surface area (Å²) in [6.07, 6.45) is 0.581. The second-order valence-electron chi connectivity index (χ2n) is 5.09. The van der Waals surface area contributed by atoms with E-state index in [4.69, 9.17) is 14.6 Å². The zero-order valence-electron chi connectivity index (χ0n) is 12.8. The molecule has 3 aromatic rings. The summed E-state index contributed by atoms with van der Waals surface area (Å²) in [6, 6.07) is 10.5. The number of aromatic amines is 1. The summed E-state index contributed by atoms with van der Waals surface area (Å²) < 4.78 is 10.5. The highest BCUT2D eigenvalue weighted by Gasteiger charge is 2.10. The number of methoxy groups -OCH3 is 2. The predicted molar refractivity (Wildman–Crippen MR) is 85.4 cm³/mol. The van der Waals surface area contributed by atoms with E-state index < -0.39 is 5.97 Å². The number of carboxylic acids is 1. The number of imidazole rings is 1. The Hall–Kier alpha value is -3.02. The van der Waals surface area contributed by atoms with E-state index in [0.29, 0.717) is 23.4 Å². The minimum atomic E-state index is -0.956. The minimum Gasteiger partial charge on any atom is -0.493 e. The van der Waals surface area contributed by atoms with Crippen LogP contribution in [0.3, 0.4) is 0 Å². The number of hydrogen-bond donors (Lipinski definition) is 2. The van der Waals surface area contributed by atoms with Crippen molar-refractivity contribution in [2.75, 3.05) is 14.2 Å². The smallest absolute Gasteiger partial charge is 0.335 e. The normalized spacial score (nSPS) is 10.7. The molecule has 0 atom stereocenters. The van der Waals surface area contributed by atoms with Crippen molar-refractivity contribution in [1.82, 2.24) is 9.97 Å². The van der Waals surface area contributed by atoms with Gasteiger partial charge in [0.25, 0.3) is 0 Å². The Morgan fingerprint density at radius 2 is 1.91 bits per heavy atom. The standard InChI is InChI=1S/C17H16N2O4/c1-22-14-6-3-10(7-15(14)23-2)8-16-18-12-5-4-11(17(20)21)9-13(12)19-16/h3-7,9H,8H2,1-2H3,(H,18,19)(H,20,21). The lowest BCUT2D eigenvalue weighted by Crippen LogP contribution is -1.95. The van der Waals surface area contributed by atoms with Gasteiger partial charge in [0, 0.05) is 6.42 Å². The van der Waals surface area contributed by atoms with Crippen LogP contribution in [0.2, 0.25) is 0 Å². The van der Waals surface area contributed by atoms with Crippen LogP contribution in [0, 0.1) is 0 Å². The first-order valence-corrected chi connectivity index (χ1v) is 7.03. The second kappa shape index (κ2) is 6.00. The van der Waals surface area contributed by atoms with Gasteiger partial charge in [-0.25, -0.2) is 9.78 Å². The summed E-state index contributed by atoms with van der Waals surface area (Å²) in [6.45, 7) is 0. The number of aromatic nitrogens is 2. The molecule has 6 heteroatoms. The molecule has 2 N–H and O–H groups in total. The molecule has 0 unspecified atom stereocenters. The topological polar surface area (TPSA) is 84.4 Å². The maximum Gasteiger partial charge on any atom is 0.335 e. The molecular weight excluding hydrogens is 296 g/mol. The number of benzene rings is 2. The fourth-order valence-electron chi connectivity index (χ4n) is 2.46. The number of H-pyrrole nitrogens is 1. The van der Waals surface area contributed by atoms with Gasteiger partial charge in [0.05, 0.1) is 30.8 Å². The first-order chi connectivity index (χ1) is 11.1. The van der Waals surface area contributed by atoms with Crippen LogP contribution in [-0.4, -0.2) is 35.3 Å². The van der Waals surface area contributed by atoms with Crippen molar-refractivity contribution in [1.29, 1.82) is 0 Å². The highest BCUT2D eigenvalue weighted by molar-refractivity contribution is 5.92. The van der Waals surface area contributed by atoms with Crippen LogP contribution >= 0.6 is 0 Å². The van der Waals surface area contributed by atoms with Crippen LogP contribution in [0.4, 0.5) is 0 Å². The van der Waals surface area contributed by atoms with Gasteiger partial charge in [-0.05, 0) is 35.9 Å². The average Bonchev–Trinajstić information content (AvgIpc) is 2.95. The summed E-state index contributed by atoms with van der Waals surface area (Å²) in [5.41, 5.74) is 2.70. The minimum absolute atomic E-state index is 0.235. The molecule has 2 aromatic carbocycles. The van der Waals surface area contributed by atoms with Gasteiger partial charge >= 0.3 is 5.97 Å². The maximum atomic E-state index is 11.0. The molecule has 0 saturated heterocycles. The van der Waals surface area contributed by atoms with Gasteiger partial charge in [-0.2, -0.15) is 0 Å². The Bertz CT molecular complexity index is 870. The Labute approximate surface area is 132 Å². The van der Waals surface area contributed by atoms with Crippen LogP contribution in [-0.2, 0) is 6.42 Å². The number of nitrogens with one attached hydrogen (secondary N) is 1. The largest absolute Gasteiger partial charge is 0.493 e. The van der Waals surface area contributed by atoms with E-state index in [2.05, 4.69) is 9.97 Å². The summed E-state index contributed by atoms with van der Waals surface area (Å²) in [4.78, 5) is 18.7. The molecule has 3 rings (SSSR count). The van der Waals surface area contributed by atoms with E-state index in [1.165, 1.54) is 0 Å². The third kappa shape index (κ3) is 2.96. The van der Waals surface area contributed by atoms with E-state index in [-0.39, 0.29) is 5.56 Å². The van der Waals surface area contributed by atoms with Crippen molar-refractivity contribution in [2.45, 2.75) is 6.42 Å². The van der Waals surface area contributed by atoms with Gasteiger partial charge in [0.15, 0.2) is 11.5 Å². The van der Waals surface area contributed by atoms with E-state index >= 15 is 0 Å². The summed E-state index contributed by atoms with van der Waals surface area (Å²) in [5.74, 6) is 1.14. The van der Waals surface area contributed by atoms with Crippen molar-refractivity contribution in [3.63, 3.8) is 0 Å². The van der Waals surface area contributed by atoms with Gasteiger partial charge < -0.3 is 19.6 Å². The van der Waals surface area contributed by atoms with Crippen molar-refractivity contribution in [2.24, 2.45) is 0 Å². The van der Waals surface area contributed by atoms with E-state index in [1.54, 1.807) is 32.4 Å². The summed E-state index contributed by atoms with van der Waals surface area (Å²) >= 11 is 0. The monoisotopic (exact) mass is 312 g/mol. The highest BCUT2D eigenvalue weighted by atomic mass is 16.5. The fraction of sp³-hybridized carbons (Fsp3) is 0.176. The van der Waals surface area contributed by atoms with Gasteiger partial charge in [-0.15, -0.1) is 0 Å². The molecule has 118 valence electrons. The third-order valence-electron chi connectivity index (χ3n) is 3.60. The molecule has 6 nitrogen and oxygen atoms in total. The molecular formula is C17H16N2O4. The van der Waals surface area contributed by atoms with Gasteiger partial charge in [-0.1, -0.05) is 6.07 Å². The molecule has 0 saturated carbocycles. The van der Waals surface area contributed by atoms with Crippen LogP contribution in [0.15, 0.2) is 36.4 Å². The molecule has 0 aliphatic heterocycles. The third-order valence-corrected chi connectivity index (χ3v) is 3.60. The fourth-order valence-corrected chi connectivity index (χ4v) is 2.46. The van der Waals surface area contributed by atoms with Crippen molar-refractivity contribution in [3.8, 4) is 11.5 Å². The molecule has 0 bridgehead atoms. The van der Waals surface area contributed by atoms with E-state index in [9.17, 15) is 4.79 Å². The molecule has 0 aliphatic carbocycles. The van der Waals surface area contributed by atoms with Gasteiger partial charge in [0.2, 0.25) is 0 Å². The number of hydrogen-bond acceptors (Lipinski definition) is 4. The summed E-state index contributed by atoms with van der Waals surface area (Å²) in [5, 5.41) is 9.03. The Morgan fingerprint density at radius 1 is 1.13 bits per heavy atom. The van der Waals surface area contributed by atoms with Crippen molar-refractivity contribution < 1.29 is 19.4 Å². The molecule has 0 spiro atoms. The molecule has 1 aromatic heterocycles. The second-order valence-corrected chi connectivity index (χ2v) is 5.09. The van der Waals surface area contributed by atoms with E-state index in [1.807, 2.05) is 18.2 Å². The number of rotatable bonds is 5. The van der Waals surface area contributed by atoms with Crippen molar-refractivity contribution in [3.05, 3.63) is 53.3 Å². The van der Waals surface area contributed by atoms with Gasteiger partial charge in [-0.3, -0.25) is 0 Å². The van der Waals surface area contributed by atoms with Crippen LogP contribution in [0.5, 0.6) is 11.5 Å². The molecule has 0 fully saturated rings. The lowest BCUT2D eigenvalue weighted by atomic mass is 10.1. The van der Waals surface area contributed by atoms with E-state index in [0.717, 1.165) is 16.9 Å². The number of ether oxygens (including phenoxy) is 2. The molecule has 0 aliphatic rings. The number of aromatic carboxylic acids is 1.